The Balaban J connectivity index is 0.953. The number of hydrogen-bond donors (Lipinski definition) is 0. The summed E-state index contributed by atoms with van der Waals surface area (Å²) in [6.07, 6.45) is 0. The standard InChI is InChI=1S/C63H46N2/c1-63(2)59-42-45(51-39-40-60(54-29-17-15-27-52(51)54)65(48-23-11-5-12-24-48)49-25-13-6-14-26-49)34-38-57(59)61-55-30-18-16-28-53(55)58-41-44(33-37-56(58)62(61)63)43-31-35-50(36-32-43)64(46-19-7-3-8-20-46)47-21-9-4-10-22-47/h3-42H,1-2H3. The van der Waals surface area contributed by atoms with Gasteiger partial charge in [0.2, 0.25) is 0 Å². The molecule has 308 valence electrons. The Bertz CT molecular complexity index is 3460. The molecule has 0 atom stereocenters. The summed E-state index contributed by atoms with van der Waals surface area (Å²) in [5.41, 5.74) is 16.9. The molecule has 1 aliphatic rings. The molecule has 2 nitrogen and oxygen atoms in total. The van der Waals surface area contributed by atoms with Crippen LogP contribution in [-0.4, -0.2) is 0 Å². The molecule has 1 aliphatic carbocycles. The summed E-state index contributed by atoms with van der Waals surface area (Å²) < 4.78 is 0. The molecule has 0 aromatic heterocycles. The zero-order valence-corrected chi connectivity index (χ0v) is 36.5. The van der Waals surface area contributed by atoms with E-state index >= 15 is 0 Å². The molecule has 2 heteroatoms. The largest absolute Gasteiger partial charge is 0.311 e. The summed E-state index contributed by atoms with van der Waals surface area (Å²) in [6.45, 7) is 4.85. The van der Waals surface area contributed by atoms with Crippen LogP contribution >= 0.6 is 0 Å². The zero-order chi connectivity index (χ0) is 43.5. The second-order valence-electron chi connectivity index (χ2n) is 17.7. The first-order valence-electron chi connectivity index (χ1n) is 22.6. The minimum absolute atomic E-state index is 0.238. The first kappa shape index (κ1) is 38.5. The summed E-state index contributed by atoms with van der Waals surface area (Å²) >= 11 is 0. The Morgan fingerprint density at radius 2 is 0.754 bits per heavy atom. The maximum absolute atomic E-state index is 2.48. The summed E-state index contributed by atoms with van der Waals surface area (Å²) in [5.74, 6) is 0. The summed E-state index contributed by atoms with van der Waals surface area (Å²) in [6, 6.07) is 88.5. The average molecular weight is 831 g/mol. The molecule has 0 radical (unpaired) electrons. The van der Waals surface area contributed by atoms with Crippen LogP contribution in [-0.2, 0) is 5.41 Å². The number of benzene rings is 11. The van der Waals surface area contributed by atoms with Crippen LogP contribution in [0.3, 0.4) is 0 Å². The minimum atomic E-state index is -0.238. The first-order chi connectivity index (χ1) is 32.0. The van der Waals surface area contributed by atoms with Crippen LogP contribution in [0.2, 0.25) is 0 Å². The van der Waals surface area contributed by atoms with Crippen LogP contribution < -0.4 is 9.80 Å². The average Bonchev–Trinajstić information content (AvgIpc) is 3.61. The van der Waals surface area contributed by atoms with Crippen molar-refractivity contribution in [1.82, 2.24) is 0 Å². The van der Waals surface area contributed by atoms with Crippen LogP contribution in [0.1, 0.15) is 25.0 Å². The van der Waals surface area contributed by atoms with Gasteiger partial charge in [-0.1, -0.05) is 178 Å². The molecule has 0 aliphatic heterocycles. The van der Waals surface area contributed by atoms with Crippen molar-refractivity contribution in [2.45, 2.75) is 19.3 Å². The van der Waals surface area contributed by atoms with Crippen LogP contribution in [0, 0.1) is 0 Å². The van der Waals surface area contributed by atoms with Crippen LogP contribution in [0.5, 0.6) is 0 Å². The van der Waals surface area contributed by atoms with Gasteiger partial charge in [0.1, 0.15) is 0 Å². The molecule has 11 aromatic rings. The molecular weight excluding hydrogens is 785 g/mol. The highest BCUT2D eigenvalue weighted by Gasteiger charge is 2.39. The van der Waals surface area contributed by atoms with E-state index in [0.717, 1.165) is 34.1 Å². The number of anilines is 6. The molecule has 12 rings (SSSR count). The minimum Gasteiger partial charge on any atom is -0.311 e. The van der Waals surface area contributed by atoms with Gasteiger partial charge in [-0.2, -0.15) is 0 Å². The molecule has 0 saturated carbocycles. The molecule has 0 unspecified atom stereocenters. The van der Waals surface area contributed by atoms with Gasteiger partial charge >= 0.3 is 0 Å². The Morgan fingerprint density at radius 3 is 1.35 bits per heavy atom. The van der Waals surface area contributed by atoms with Gasteiger partial charge in [0.05, 0.1) is 5.69 Å². The smallest absolute Gasteiger partial charge is 0.0540 e. The molecule has 0 heterocycles. The van der Waals surface area contributed by atoms with Crippen molar-refractivity contribution in [3.8, 4) is 33.4 Å². The third-order valence-electron chi connectivity index (χ3n) is 13.6. The molecule has 65 heavy (non-hydrogen) atoms. The fraction of sp³-hybridized carbons (Fsp3) is 0.0476. The van der Waals surface area contributed by atoms with Gasteiger partial charge in [0.15, 0.2) is 0 Å². The van der Waals surface area contributed by atoms with Crippen molar-refractivity contribution in [2.75, 3.05) is 9.80 Å². The number of fused-ring (bicyclic) bond motifs is 9. The molecule has 0 N–H and O–H groups in total. The predicted molar refractivity (Wildman–Crippen MR) is 277 cm³/mol. The monoisotopic (exact) mass is 830 g/mol. The van der Waals surface area contributed by atoms with Crippen molar-refractivity contribution >= 4 is 66.4 Å². The third kappa shape index (κ3) is 6.40. The van der Waals surface area contributed by atoms with E-state index in [4.69, 9.17) is 0 Å². The lowest BCUT2D eigenvalue weighted by molar-refractivity contribution is 0.667. The van der Waals surface area contributed by atoms with E-state index in [1.165, 1.54) is 76.8 Å². The van der Waals surface area contributed by atoms with E-state index in [1.54, 1.807) is 0 Å². The van der Waals surface area contributed by atoms with E-state index in [1.807, 2.05) is 0 Å². The maximum atomic E-state index is 2.48. The maximum Gasteiger partial charge on any atom is 0.0540 e. The lowest BCUT2D eigenvalue weighted by Gasteiger charge is -2.27. The topological polar surface area (TPSA) is 6.48 Å². The second-order valence-corrected chi connectivity index (χ2v) is 17.7. The number of hydrogen-bond acceptors (Lipinski definition) is 2. The van der Waals surface area contributed by atoms with Gasteiger partial charge in [0, 0.05) is 39.2 Å². The fourth-order valence-electron chi connectivity index (χ4n) is 10.6. The van der Waals surface area contributed by atoms with Gasteiger partial charge in [-0.3, -0.25) is 0 Å². The van der Waals surface area contributed by atoms with E-state index in [9.17, 15) is 0 Å². The number of nitrogens with zero attached hydrogens (tertiary/aromatic N) is 2. The Kier molecular flexibility index (Phi) is 9.21. The molecule has 0 fully saturated rings. The summed E-state index contributed by atoms with van der Waals surface area (Å²) in [5, 5.41) is 7.65. The molecular formula is C63H46N2. The fourth-order valence-corrected chi connectivity index (χ4v) is 10.6. The quantitative estimate of drug-likeness (QED) is 0.141. The molecule has 0 bridgehead atoms. The van der Waals surface area contributed by atoms with Crippen molar-refractivity contribution < 1.29 is 0 Å². The van der Waals surface area contributed by atoms with E-state index < -0.39 is 0 Å². The van der Waals surface area contributed by atoms with E-state index in [-0.39, 0.29) is 5.41 Å². The van der Waals surface area contributed by atoms with Crippen LogP contribution in [0.15, 0.2) is 243 Å². The van der Waals surface area contributed by atoms with Gasteiger partial charge in [-0.15, -0.1) is 0 Å². The van der Waals surface area contributed by atoms with Gasteiger partial charge in [-0.05, 0) is 150 Å². The summed E-state index contributed by atoms with van der Waals surface area (Å²) in [7, 11) is 0. The number of rotatable bonds is 8. The highest BCUT2D eigenvalue weighted by atomic mass is 15.1. The SMILES string of the molecule is CC1(C)c2cc(-c3ccc(N(c4ccccc4)c4ccccc4)c4ccccc34)ccc2-c2c1c1ccc(-c3ccc(N(c4ccccc4)c4ccccc4)cc3)cc1c1ccccc21. The summed E-state index contributed by atoms with van der Waals surface area (Å²) in [4.78, 5) is 4.69. The van der Waals surface area contributed by atoms with E-state index in [2.05, 4.69) is 266 Å². The Morgan fingerprint density at radius 1 is 0.292 bits per heavy atom. The van der Waals surface area contributed by atoms with Crippen molar-refractivity contribution in [1.29, 1.82) is 0 Å². The highest BCUT2D eigenvalue weighted by molar-refractivity contribution is 6.19. The van der Waals surface area contributed by atoms with E-state index in [0.29, 0.717) is 0 Å². The second kappa shape index (κ2) is 15.6. The van der Waals surface area contributed by atoms with Crippen LogP contribution in [0.25, 0.3) is 65.7 Å². The van der Waals surface area contributed by atoms with Crippen molar-refractivity contribution in [2.24, 2.45) is 0 Å². The van der Waals surface area contributed by atoms with Crippen molar-refractivity contribution in [3.63, 3.8) is 0 Å². The molecule has 0 amide bonds. The van der Waals surface area contributed by atoms with Crippen LogP contribution in [0.4, 0.5) is 34.1 Å². The zero-order valence-electron chi connectivity index (χ0n) is 36.5. The lowest BCUT2D eigenvalue weighted by Crippen LogP contribution is -2.15. The Labute approximate surface area is 380 Å². The Hall–Kier alpha value is -8.20. The third-order valence-corrected chi connectivity index (χ3v) is 13.6. The predicted octanol–water partition coefficient (Wildman–Crippen LogP) is 17.7. The number of para-hydroxylation sites is 4. The molecule has 0 spiro atoms. The molecule has 0 saturated heterocycles. The van der Waals surface area contributed by atoms with Crippen molar-refractivity contribution in [3.05, 3.63) is 254 Å². The highest BCUT2D eigenvalue weighted by Crippen LogP contribution is 2.56. The van der Waals surface area contributed by atoms with Gasteiger partial charge in [-0.25, -0.2) is 0 Å². The first-order valence-corrected chi connectivity index (χ1v) is 22.6. The normalized spacial score (nSPS) is 12.6. The molecule has 11 aromatic carbocycles. The lowest BCUT2D eigenvalue weighted by atomic mass is 9.78. The van der Waals surface area contributed by atoms with Gasteiger partial charge in [0.25, 0.3) is 0 Å². The van der Waals surface area contributed by atoms with Gasteiger partial charge < -0.3 is 9.80 Å².